The minimum Gasteiger partial charge on any atom is -0.505 e. The van der Waals surface area contributed by atoms with E-state index in [4.69, 9.17) is 0 Å². The van der Waals surface area contributed by atoms with Gasteiger partial charge in [0.1, 0.15) is 5.75 Å². The van der Waals surface area contributed by atoms with Crippen molar-refractivity contribution >= 4 is 17.3 Å². The Hall–Kier alpha value is -2.56. The molecule has 5 nitrogen and oxygen atoms in total. The van der Waals surface area contributed by atoms with Crippen LogP contribution in [0.5, 0.6) is 5.75 Å². The van der Waals surface area contributed by atoms with Crippen molar-refractivity contribution in [3.8, 4) is 5.75 Å². The molecule has 20 heavy (non-hydrogen) atoms. The summed E-state index contributed by atoms with van der Waals surface area (Å²) < 4.78 is 0. The Kier molecular flexibility index (Phi) is 3.02. The molecule has 2 heterocycles. The third kappa shape index (κ3) is 1.97. The first-order valence-corrected chi connectivity index (χ1v) is 6.44. The van der Waals surface area contributed by atoms with E-state index in [1.54, 1.807) is 11.0 Å². The van der Waals surface area contributed by atoms with Gasteiger partial charge in [-0.1, -0.05) is 12.1 Å². The first-order valence-electron chi connectivity index (χ1n) is 6.44. The van der Waals surface area contributed by atoms with Gasteiger partial charge in [0, 0.05) is 26.3 Å². The van der Waals surface area contributed by atoms with Crippen molar-refractivity contribution in [1.29, 1.82) is 0 Å². The number of anilines is 2. The smallest absolute Gasteiger partial charge is 0.280 e. The molecule has 1 amide bonds. The maximum atomic E-state index is 12.6. The number of aromatic nitrogens is 1. The fourth-order valence-corrected chi connectivity index (χ4v) is 2.41. The Bertz CT molecular complexity index is 657. The maximum absolute atomic E-state index is 12.6. The van der Waals surface area contributed by atoms with Gasteiger partial charge < -0.3 is 14.9 Å². The van der Waals surface area contributed by atoms with E-state index in [0.717, 1.165) is 17.9 Å². The van der Waals surface area contributed by atoms with Crippen molar-refractivity contribution in [3.05, 3.63) is 48.3 Å². The highest BCUT2D eigenvalue weighted by Gasteiger charge is 2.27. The van der Waals surface area contributed by atoms with Crippen molar-refractivity contribution in [3.63, 3.8) is 0 Å². The lowest BCUT2D eigenvalue weighted by molar-refractivity contribution is 0.0979. The minimum absolute atomic E-state index is 0.0890. The number of amides is 1. The summed E-state index contributed by atoms with van der Waals surface area (Å²) in [6.45, 7) is 1.32. The largest absolute Gasteiger partial charge is 0.505 e. The van der Waals surface area contributed by atoms with Gasteiger partial charge >= 0.3 is 0 Å². The predicted octanol–water partition coefficient (Wildman–Crippen LogP) is 1.88. The molecule has 1 aliphatic heterocycles. The maximum Gasteiger partial charge on any atom is 0.280 e. The number of rotatable bonds is 1. The number of carbonyl (C=O) groups is 1. The molecule has 0 atom stereocenters. The summed E-state index contributed by atoms with van der Waals surface area (Å²) in [6.07, 6.45) is 1.51. The third-order valence-electron chi connectivity index (χ3n) is 3.48. The quantitative estimate of drug-likeness (QED) is 0.859. The number of likely N-dealkylation sites (N-methyl/N-ethyl adjacent to an activating group) is 1. The van der Waals surface area contributed by atoms with Crippen LogP contribution in [-0.4, -0.2) is 36.1 Å². The summed E-state index contributed by atoms with van der Waals surface area (Å²) in [6, 6.07) is 10.8. The van der Waals surface area contributed by atoms with E-state index in [0.29, 0.717) is 6.54 Å². The van der Waals surface area contributed by atoms with Crippen LogP contribution in [0.2, 0.25) is 0 Å². The van der Waals surface area contributed by atoms with E-state index >= 15 is 0 Å². The van der Waals surface area contributed by atoms with Gasteiger partial charge in [-0.3, -0.25) is 4.79 Å². The molecule has 1 aromatic heterocycles. The first kappa shape index (κ1) is 12.5. The van der Waals surface area contributed by atoms with Crippen molar-refractivity contribution in [2.45, 2.75) is 0 Å². The molecule has 0 bridgehead atoms. The lowest BCUT2D eigenvalue weighted by Gasteiger charge is -2.35. The van der Waals surface area contributed by atoms with Gasteiger partial charge in [0.25, 0.3) is 5.91 Å². The fraction of sp³-hybridized carbons (Fsp3) is 0.200. The van der Waals surface area contributed by atoms with E-state index in [9.17, 15) is 9.90 Å². The average Bonchev–Trinajstić information content (AvgIpc) is 2.48. The zero-order chi connectivity index (χ0) is 14.1. The molecule has 5 heteroatoms. The highest BCUT2D eigenvalue weighted by molar-refractivity contribution is 6.08. The van der Waals surface area contributed by atoms with Crippen molar-refractivity contribution in [2.75, 3.05) is 29.9 Å². The van der Waals surface area contributed by atoms with Crippen LogP contribution in [0.1, 0.15) is 10.5 Å². The molecule has 1 aliphatic rings. The molecule has 1 aromatic carbocycles. The van der Waals surface area contributed by atoms with E-state index < -0.39 is 0 Å². The van der Waals surface area contributed by atoms with Crippen LogP contribution >= 0.6 is 0 Å². The summed E-state index contributed by atoms with van der Waals surface area (Å²) in [7, 11) is 2.00. The third-order valence-corrected chi connectivity index (χ3v) is 3.48. The highest BCUT2D eigenvalue weighted by Crippen LogP contribution is 2.33. The monoisotopic (exact) mass is 269 g/mol. The molecule has 0 unspecified atom stereocenters. The molecule has 0 saturated heterocycles. The second-order valence-corrected chi connectivity index (χ2v) is 4.74. The fourth-order valence-electron chi connectivity index (χ4n) is 2.41. The van der Waals surface area contributed by atoms with Gasteiger partial charge in [-0.15, -0.1) is 0 Å². The van der Waals surface area contributed by atoms with Crippen LogP contribution in [0, 0.1) is 0 Å². The summed E-state index contributed by atoms with van der Waals surface area (Å²) in [5.74, 6) is -0.363. The van der Waals surface area contributed by atoms with E-state index in [-0.39, 0.29) is 17.4 Å². The van der Waals surface area contributed by atoms with E-state index in [1.165, 1.54) is 12.3 Å². The topological polar surface area (TPSA) is 56.7 Å². The van der Waals surface area contributed by atoms with Crippen LogP contribution in [0.4, 0.5) is 11.4 Å². The molecule has 0 aliphatic carbocycles. The van der Waals surface area contributed by atoms with Gasteiger partial charge in [0.15, 0.2) is 5.69 Å². The van der Waals surface area contributed by atoms with Crippen LogP contribution < -0.4 is 9.80 Å². The number of pyridine rings is 1. The summed E-state index contributed by atoms with van der Waals surface area (Å²) in [5, 5.41) is 9.79. The molecule has 0 fully saturated rings. The minimum atomic E-state index is -0.274. The SMILES string of the molecule is CN1CCN(C(=O)c2ncccc2O)c2ccccc21. The van der Waals surface area contributed by atoms with Crippen molar-refractivity contribution in [1.82, 2.24) is 4.98 Å². The zero-order valence-electron chi connectivity index (χ0n) is 11.2. The Morgan fingerprint density at radius 1 is 1.15 bits per heavy atom. The van der Waals surface area contributed by atoms with Crippen molar-refractivity contribution < 1.29 is 9.90 Å². The number of para-hydroxylation sites is 2. The number of hydrogen-bond donors (Lipinski definition) is 1. The second kappa shape index (κ2) is 4.85. The van der Waals surface area contributed by atoms with E-state index in [2.05, 4.69) is 9.88 Å². The molecule has 0 saturated carbocycles. The van der Waals surface area contributed by atoms with Gasteiger partial charge in [0.2, 0.25) is 0 Å². The number of nitrogens with zero attached hydrogens (tertiary/aromatic N) is 3. The second-order valence-electron chi connectivity index (χ2n) is 4.74. The Labute approximate surface area is 117 Å². The molecule has 0 radical (unpaired) electrons. The van der Waals surface area contributed by atoms with Crippen LogP contribution in [0.3, 0.4) is 0 Å². The molecule has 102 valence electrons. The van der Waals surface area contributed by atoms with Gasteiger partial charge in [-0.25, -0.2) is 4.98 Å². The Morgan fingerprint density at radius 2 is 1.90 bits per heavy atom. The average molecular weight is 269 g/mol. The van der Waals surface area contributed by atoms with Crippen LogP contribution in [-0.2, 0) is 0 Å². The molecule has 2 aromatic rings. The number of hydrogen-bond acceptors (Lipinski definition) is 4. The number of fused-ring (bicyclic) bond motifs is 1. The Balaban J connectivity index is 2.02. The summed E-state index contributed by atoms with van der Waals surface area (Å²) >= 11 is 0. The standard InChI is InChI=1S/C15H15N3O2/c1-17-9-10-18(12-6-3-2-5-11(12)17)15(20)14-13(19)7-4-8-16-14/h2-8,19H,9-10H2,1H3. The van der Waals surface area contributed by atoms with Crippen LogP contribution in [0.15, 0.2) is 42.6 Å². The highest BCUT2D eigenvalue weighted by atomic mass is 16.3. The van der Waals surface area contributed by atoms with Gasteiger partial charge in [-0.05, 0) is 24.3 Å². The van der Waals surface area contributed by atoms with Gasteiger partial charge in [-0.2, -0.15) is 0 Å². The lowest BCUT2D eigenvalue weighted by atomic mass is 10.1. The van der Waals surface area contributed by atoms with Crippen LogP contribution in [0.25, 0.3) is 0 Å². The summed E-state index contributed by atoms with van der Waals surface area (Å²) in [5.41, 5.74) is 1.94. The molecular formula is C15H15N3O2. The van der Waals surface area contributed by atoms with E-state index in [1.807, 2.05) is 31.3 Å². The number of aromatic hydroxyl groups is 1. The first-order chi connectivity index (χ1) is 9.68. The zero-order valence-corrected chi connectivity index (χ0v) is 11.2. The molecule has 1 N–H and O–H groups in total. The lowest BCUT2D eigenvalue weighted by Crippen LogP contribution is -2.42. The normalized spacial score (nSPS) is 14.1. The number of carbonyl (C=O) groups excluding carboxylic acids is 1. The molecule has 0 spiro atoms. The van der Waals surface area contributed by atoms with Crippen molar-refractivity contribution in [2.24, 2.45) is 0 Å². The molecule has 3 rings (SSSR count). The predicted molar refractivity (Wildman–Crippen MR) is 77.3 cm³/mol. The van der Waals surface area contributed by atoms with Gasteiger partial charge in [0.05, 0.1) is 11.4 Å². The Morgan fingerprint density at radius 3 is 2.65 bits per heavy atom. The summed E-state index contributed by atoms with van der Waals surface area (Å²) in [4.78, 5) is 20.3. The number of benzene rings is 1. The molecular weight excluding hydrogens is 254 g/mol.